The number of thiophene rings is 1. The van der Waals surface area contributed by atoms with Crippen molar-refractivity contribution in [3.63, 3.8) is 0 Å². The van der Waals surface area contributed by atoms with Crippen LogP contribution in [0.5, 0.6) is 5.75 Å². The van der Waals surface area contributed by atoms with E-state index >= 15 is 0 Å². The summed E-state index contributed by atoms with van der Waals surface area (Å²) in [6, 6.07) is 9.95. The standard InChI is InChI=1S/C19H20N2O2S/c1-4-10-21-17(22)12-20-18(13-6-8-14(23-3)9-7-13)16-11-15(5-2)24-19(16)21/h4,6-9,11H,1,5,10,12H2,2-3H3. The van der Waals surface area contributed by atoms with Gasteiger partial charge in [-0.3, -0.25) is 14.7 Å². The van der Waals surface area contributed by atoms with Crippen LogP contribution >= 0.6 is 11.3 Å². The molecule has 1 aromatic heterocycles. The van der Waals surface area contributed by atoms with Crippen LogP contribution in [-0.4, -0.2) is 31.8 Å². The van der Waals surface area contributed by atoms with Crippen LogP contribution in [0.3, 0.4) is 0 Å². The summed E-state index contributed by atoms with van der Waals surface area (Å²) in [6.07, 6.45) is 2.69. The van der Waals surface area contributed by atoms with E-state index in [0.717, 1.165) is 34.0 Å². The van der Waals surface area contributed by atoms with Crippen LogP contribution in [0.1, 0.15) is 22.9 Å². The SMILES string of the molecule is C=CCN1C(=O)CN=C(c2ccc(OC)cc2)c2cc(CC)sc21. The third-order valence-electron chi connectivity index (χ3n) is 3.96. The Morgan fingerprint density at radius 1 is 1.38 bits per heavy atom. The molecule has 1 aromatic carbocycles. The predicted octanol–water partition coefficient (Wildman–Crippen LogP) is 3.69. The van der Waals surface area contributed by atoms with Crippen molar-refractivity contribution >= 4 is 28.0 Å². The topological polar surface area (TPSA) is 41.9 Å². The molecule has 0 atom stereocenters. The molecule has 1 aliphatic heterocycles. The number of rotatable bonds is 5. The van der Waals surface area contributed by atoms with Gasteiger partial charge < -0.3 is 4.74 Å². The number of carbonyl (C=O) groups excluding carboxylic acids is 1. The molecule has 0 spiro atoms. The van der Waals surface area contributed by atoms with E-state index < -0.39 is 0 Å². The van der Waals surface area contributed by atoms with Crippen molar-refractivity contribution in [1.29, 1.82) is 0 Å². The van der Waals surface area contributed by atoms with Gasteiger partial charge in [0.1, 0.15) is 17.3 Å². The highest BCUT2D eigenvalue weighted by molar-refractivity contribution is 7.16. The summed E-state index contributed by atoms with van der Waals surface area (Å²) < 4.78 is 5.23. The van der Waals surface area contributed by atoms with Gasteiger partial charge in [0.15, 0.2) is 0 Å². The average Bonchev–Trinajstić information content (AvgIpc) is 2.99. The molecular formula is C19H20N2O2S. The number of carbonyl (C=O) groups is 1. The highest BCUT2D eigenvalue weighted by Crippen LogP contribution is 2.36. The number of anilines is 1. The smallest absolute Gasteiger partial charge is 0.249 e. The first kappa shape index (κ1) is 16.5. The minimum Gasteiger partial charge on any atom is -0.497 e. The van der Waals surface area contributed by atoms with Crippen LogP contribution < -0.4 is 9.64 Å². The Kier molecular flexibility index (Phi) is 4.81. The zero-order chi connectivity index (χ0) is 17.1. The monoisotopic (exact) mass is 340 g/mol. The Hall–Kier alpha value is -2.40. The Morgan fingerprint density at radius 3 is 2.75 bits per heavy atom. The molecule has 0 unspecified atom stereocenters. The Bertz CT molecular complexity index is 790. The number of fused-ring (bicyclic) bond motifs is 1. The third-order valence-corrected chi connectivity index (χ3v) is 5.26. The van der Waals surface area contributed by atoms with Crippen molar-refractivity contribution in [3.05, 3.63) is 59.0 Å². The van der Waals surface area contributed by atoms with Crippen LogP contribution in [0.15, 0.2) is 48.0 Å². The fraction of sp³-hybridized carbons (Fsp3) is 0.263. The molecule has 0 saturated heterocycles. The van der Waals surface area contributed by atoms with E-state index in [1.54, 1.807) is 29.4 Å². The van der Waals surface area contributed by atoms with Gasteiger partial charge in [0, 0.05) is 22.5 Å². The lowest BCUT2D eigenvalue weighted by atomic mass is 10.0. The summed E-state index contributed by atoms with van der Waals surface area (Å²) in [7, 11) is 1.65. The molecule has 5 heteroatoms. The first-order valence-corrected chi connectivity index (χ1v) is 8.72. The molecule has 2 heterocycles. The minimum absolute atomic E-state index is 0.00386. The molecule has 24 heavy (non-hydrogen) atoms. The molecule has 0 aliphatic carbocycles. The normalized spacial score (nSPS) is 14.0. The van der Waals surface area contributed by atoms with E-state index in [2.05, 4.69) is 24.6 Å². The lowest BCUT2D eigenvalue weighted by molar-refractivity contribution is -0.117. The van der Waals surface area contributed by atoms with E-state index in [0.29, 0.717) is 6.54 Å². The summed E-state index contributed by atoms with van der Waals surface area (Å²) in [5.41, 5.74) is 2.88. The zero-order valence-electron chi connectivity index (χ0n) is 13.9. The number of aryl methyl sites for hydroxylation is 1. The van der Waals surface area contributed by atoms with Crippen molar-refractivity contribution in [2.75, 3.05) is 25.1 Å². The summed E-state index contributed by atoms with van der Waals surface area (Å²) in [5, 5.41) is 0.962. The fourth-order valence-corrected chi connectivity index (χ4v) is 3.84. The molecule has 1 aliphatic rings. The molecule has 2 aromatic rings. The number of methoxy groups -OCH3 is 1. The first-order chi connectivity index (χ1) is 11.7. The maximum atomic E-state index is 12.5. The quantitative estimate of drug-likeness (QED) is 0.779. The summed E-state index contributed by atoms with van der Waals surface area (Å²) in [6.45, 7) is 6.55. The maximum Gasteiger partial charge on any atom is 0.249 e. The van der Waals surface area contributed by atoms with Gasteiger partial charge in [-0.1, -0.05) is 13.0 Å². The fourth-order valence-electron chi connectivity index (χ4n) is 2.72. The van der Waals surface area contributed by atoms with Crippen molar-refractivity contribution in [1.82, 2.24) is 0 Å². The van der Waals surface area contributed by atoms with E-state index in [4.69, 9.17) is 4.74 Å². The molecule has 0 saturated carbocycles. The van der Waals surface area contributed by atoms with Gasteiger partial charge in [-0.05, 0) is 36.8 Å². The third kappa shape index (κ3) is 2.99. The molecule has 4 nitrogen and oxygen atoms in total. The number of nitrogens with zero attached hydrogens (tertiary/aromatic N) is 2. The Balaban J connectivity index is 2.11. The molecule has 124 valence electrons. The van der Waals surface area contributed by atoms with Crippen LogP contribution in [0.25, 0.3) is 0 Å². The molecule has 0 N–H and O–H groups in total. The Morgan fingerprint density at radius 2 is 2.12 bits per heavy atom. The van der Waals surface area contributed by atoms with Gasteiger partial charge >= 0.3 is 0 Å². The van der Waals surface area contributed by atoms with E-state index in [1.165, 1.54) is 4.88 Å². The number of hydrogen-bond acceptors (Lipinski definition) is 4. The van der Waals surface area contributed by atoms with Crippen LogP contribution in [0.2, 0.25) is 0 Å². The van der Waals surface area contributed by atoms with Gasteiger partial charge in [0.05, 0.1) is 12.8 Å². The van der Waals surface area contributed by atoms with E-state index in [9.17, 15) is 4.79 Å². The van der Waals surface area contributed by atoms with Gasteiger partial charge in [-0.25, -0.2) is 0 Å². The van der Waals surface area contributed by atoms with E-state index in [-0.39, 0.29) is 12.5 Å². The van der Waals surface area contributed by atoms with Crippen LogP contribution in [-0.2, 0) is 11.2 Å². The largest absolute Gasteiger partial charge is 0.497 e. The molecule has 0 radical (unpaired) electrons. The summed E-state index contributed by atoms with van der Waals surface area (Å²) in [5.74, 6) is 0.807. The molecule has 0 bridgehead atoms. The second-order valence-corrected chi connectivity index (χ2v) is 6.59. The highest BCUT2D eigenvalue weighted by Gasteiger charge is 2.26. The number of hydrogen-bond donors (Lipinski definition) is 0. The maximum absolute atomic E-state index is 12.5. The number of benzene rings is 1. The minimum atomic E-state index is 0.00386. The van der Waals surface area contributed by atoms with Crippen molar-refractivity contribution < 1.29 is 9.53 Å². The van der Waals surface area contributed by atoms with Gasteiger partial charge in [-0.15, -0.1) is 17.9 Å². The lowest BCUT2D eigenvalue weighted by Crippen LogP contribution is -2.31. The molecular weight excluding hydrogens is 320 g/mol. The second-order valence-electron chi connectivity index (χ2n) is 5.47. The zero-order valence-corrected chi connectivity index (χ0v) is 14.7. The molecule has 0 fully saturated rings. The number of amides is 1. The average molecular weight is 340 g/mol. The van der Waals surface area contributed by atoms with Crippen LogP contribution in [0.4, 0.5) is 5.00 Å². The molecule has 3 rings (SSSR count). The van der Waals surface area contributed by atoms with Gasteiger partial charge in [-0.2, -0.15) is 0 Å². The summed E-state index contributed by atoms with van der Waals surface area (Å²) in [4.78, 5) is 20.1. The van der Waals surface area contributed by atoms with Crippen molar-refractivity contribution in [3.8, 4) is 5.75 Å². The molecule has 1 amide bonds. The van der Waals surface area contributed by atoms with Crippen LogP contribution in [0, 0.1) is 0 Å². The number of ether oxygens (including phenoxy) is 1. The van der Waals surface area contributed by atoms with Crippen molar-refractivity contribution in [2.45, 2.75) is 13.3 Å². The van der Waals surface area contributed by atoms with Gasteiger partial charge in [0.2, 0.25) is 5.91 Å². The van der Waals surface area contributed by atoms with E-state index in [1.807, 2.05) is 24.3 Å². The number of aliphatic imine (C=N–C) groups is 1. The predicted molar refractivity (Wildman–Crippen MR) is 99.7 cm³/mol. The summed E-state index contributed by atoms with van der Waals surface area (Å²) >= 11 is 1.66. The lowest BCUT2D eigenvalue weighted by Gasteiger charge is -2.18. The highest BCUT2D eigenvalue weighted by atomic mass is 32.1. The van der Waals surface area contributed by atoms with Gasteiger partial charge in [0.25, 0.3) is 0 Å². The second kappa shape index (κ2) is 7.01. The Labute approximate surface area is 146 Å². The van der Waals surface area contributed by atoms with Crippen molar-refractivity contribution in [2.24, 2.45) is 4.99 Å². The first-order valence-electron chi connectivity index (χ1n) is 7.91.